The van der Waals surface area contributed by atoms with Crippen LogP contribution in [0.1, 0.15) is 23.1 Å². The van der Waals surface area contributed by atoms with Crippen molar-refractivity contribution in [2.75, 3.05) is 14.1 Å². The van der Waals surface area contributed by atoms with Crippen LogP contribution < -0.4 is 5.73 Å². The number of hydrogen-bond acceptors (Lipinski definition) is 9. The molecule has 1 aromatic heterocycles. The van der Waals surface area contributed by atoms with E-state index >= 15 is 0 Å². The number of aromatic nitrogens is 1. The Kier molecular flexibility index (Phi) is 5.74. The summed E-state index contributed by atoms with van der Waals surface area (Å²) in [5.74, 6) is -7.62. The van der Waals surface area contributed by atoms with E-state index in [2.05, 4.69) is 4.98 Å². The van der Waals surface area contributed by atoms with Crippen LogP contribution in [-0.4, -0.2) is 79.6 Å². The van der Waals surface area contributed by atoms with Crippen molar-refractivity contribution in [3.05, 3.63) is 52.7 Å². The van der Waals surface area contributed by atoms with E-state index in [1.54, 1.807) is 31.3 Å². The average Bonchev–Trinajstić information content (AvgIpc) is 2.82. The molecule has 1 heterocycles. The number of carbonyl (C=O) groups excluding carboxylic acids is 3. The molecule has 0 bridgehead atoms. The standard InChI is InChI=1S/C27H29N3O7/c1-11-4-6-16(29-10-11)13-5-7-17(31)19-14(13)8-12-9-15-21(30(2)3)23(33)20(26(28)36)25(35)27(15,37)24(34)18(12)22(19)32/h4-7,10,12,15,20-21,23,31-33,37H,8-9H2,1-3H3,(H2,28,36)/t12-,15-,20?,21?,23?,27-/m1/s1. The van der Waals surface area contributed by atoms with E-state index in [0.29, 0.717) is 16.8 Å². The lowest BCUT2D eigenvalue weighted by atomic mass is 9.54. The molecular weight excluding hydrogens is 478 g/mol. The van der Waals surface area contributed by atoms with Gasteiger partial charge in [-0.1, -0.05) is 6.07 Å². The smallest absolute Gasteiger partial charge is 0.230 e. The normalized spacial score (nSPS) is 31.1. The van der Waals surface area contributed by atoms with Crippen LogP contribution in [0.15, 0.2) is 36.0 Å². The van der Waals surface area contributed by atoms with Gasteiger partial charge in [-0.15, -0.1) is 0 Å². The molecule has 5 rings (SSSR count). The third kappa shape index (κ3) is 3.43. The Morgan fingerprint density at radius 2 is 1.86 bits per heavy atom. The minimum absolute atomic E-state index is 0.0421. The van der Waals surface area contributed by atoms with Gasteiger partial charge in [-0.25, -0.2) is 0 Å². The summed E-state index contributed by atoms with van der Waals surface area (Å²) in [5.41, 5.74) is 5.43. The van der Waals surface area contributed by atoms with Gasteiger partial charge < -0.3 is 31.1 Å². The number of nitrogens with two attached hydrogens (primary N) is 1. The number of amides is 1. The van der Waals surface area contributed by atoms with Gasteiger partial charge in [0, 0.05) is 29.3 Å². The zero-order chi connectivity index (χ0) is 27.0. The van der Waals surface area contributed by atoms with Crippen LogP contribution in [0.3, 0.4) is 0 Å². The first-order valence-corrected chi connectivity index (χ1v) is 12.1. The van der Waals surface area contributed by atoms with Crippen molar-refractivity contribution in [3.63, 3.8) is 0 Å². The predicted molar refractivity (Wildman–Crippen MR) is 132 cm³/mol. The zero-order valence-electron chi connectivity index (χ0n) is 20.7. The van der Waals surface area contributed by atoms with E-state index in [1.165, 1.54) is 6.07 Å². The quantitative estimate of drug-likeness (QED) is 0.371. The van der Waals surface area contributed by atoms with E-state index in [-0.39, 0.29) is 29.7 Å². The summed E-state index contributed by atoms with van der Waals surface area (Å²) in [6.07, 6.45) is 0.462. The predicted octanol–water partition coefficient (Wildman–Crippen LogP) is 0.499. The number of aliphatic hydroxyl groups excluding tert-OH is 2. The van der Waals surface area contributed by atoms with Gasteiger partial charge in [0.05, 0.1) is 17.4 Å². The Labute approximate surface area is 213 Å². The van der Waals surface area contributed by atoms with Crippen LogP contribution in [0.25, 0.3) is 17.0 Å². The molecule has 3 aliphatic rings. The first-order chi connectivity index (χ1) is 17.4. The van der Waals surface area contributed by atoms with Gasteiger partial charge in [-0.05, 0) is 69.1 Å². The van der Waals surface area contributed by atoms with E-state index in [4.69, 9.17) is 5.73 Å². The first-order valence-electron chi connectivity index (χ1n) is 12.1. The fourth-order valence-electron chi connectivity index (χ4n) is 6.47. The highest BCUT2D eigenvalue weighted by molar-refractivity contribution is 6.25. The number of Topliss-reactive ketones (excluding diaryl/α,β-unsaturated/α-hetero) is 2. The molecule has 194 valence electrons. The number of phenolic OH excluding ortho intramolecular Hbond substituents is 1. The molecule has 0 spiro atoms. The molecule has 1 aromatic carbocycles. The molecule has 1 amide bonds. The fraction of sp³-hybridized carbons (Fsp3) is 0.407. The molecule has 2 fully saturated rings. The Morgan fingerprint density at radius 3 is 2.46 bits per heavy atom. The summed E-state index contributed by atoms with van der Waals surface area (Å²) in [5, 5.41) is 44.6. The number of fused-ring (bicyclic) bond motifs is 3. The third-order valence-corrected chi connectivity index (χ3v) is 8.16. The topological polar surface area (TPSA) is 174 Å². The fourth-order valence-corrected chi connectivity index (χ4v) is 6.47. The second-order valence-electron chi connectivity index (χ2n) is 10.5. The molecule has 2 saturated carbocycles. The van der Waals surface area contributed by atoms with Gasteiger partial charge in [0.2, 0.25) is 11.7 Å². The van der Waals surface area contributed by atoms with Gasteiger partial charge in [-0.3, -0.25) is 19.4 Å². The van der Waals surface area contributed by atoms with Gasteiger partial charge in [0.25, 0.3) is 0 Å². The lowest BCUT2D eigenvalue weighted by Gasteiger charge is -2.53. The number of nitrogens with zero attached hydrogens (tertiary/aromatic N) is 2. The monoisotopic (exact) mass is 507 g/mol. The Morgan fingerprint density at radius 1 is 1.16 bits per heavy atom. The maximum Gasteiger partial charge on any atom is 0.230 e. The third-order valence-electron chi connectivity index (χ3n) is 8.16. The number of aromatic hydroxyl groups is 1. The van der Waals surface area contributed by atoms with Gasteiger partial charge >= 0.3 is 0 Å². The van der Waals surface area contributed by atoms with Crippen molar-refractivity contribution in [1.29, 1.82) is 0 Å². The second kappa shape index (κ2) is 8.47. The summed E-state index contributed by atoms with van der Waals surface area (Å²) < 4.78 is 0. The van der Waals surface area contributed by atoms with Gasteiger partial charge in [0.1, 0.15) is 17.4 Å². The number of likely N-dealkylation sites (N-methyl/N-ethyl adjacent to an activating group) is 1. The number of aliphatic hydroxyl groups is 3. The van der Waals surface area contributed by atoms with Gasteiger partial charge in [-0.2, -0.15) is 0 Å². The molecule has 6 atom stereocenters. The van der Waals surface area contributed by atoms with E-state index in [1.807, 2.05) is 19.1 Å². The molecule has 2 aromatic rings. The largest absolute Gasteiger partial charge is 0.507 e. The van der Waals surface area contributed by atoms with Crippen LogP contribution in [0.2, 0.25) is 0 Å². The van der Waals surface area contributed by atoms with Crippen molar-refractivity contribution < 1.29 is 34.8 Å². The molecule has 3 aliphatic carbocycles. The van der Waals surface area contributed by atoms with Crippen molar-refractivity contribution in [2.45, 2.75) is 37.5 Å². The zero-order valence-corrected chi connectivity index (χ0v) is 20.7. The Balaban J connectivity index is 1.70. The van der Waals surface area contributed by atoms with Crippen LogP contribution in [0.4, 0.5) is 0 Å². The Hall–Kier alpha value is -3.60. The molecular formula is C27H29N3O7. The number of carbonyl (C=O) groups is 3. The molecule has 3 unspecified atom stereocenters. The number of hydrogen-bond donors (Lipinski definition) is 5. The summed E-state index contributed by atoms with van der Waals surface area (Å²) in [4.78, 5) is 45.4. The highest BCUT2D eigenvalue weighted by atomic mass is 16.3. The number of pyridine rings is 1. The van der Waals surface area contributed by atoms with Crippen molar-refractivity contribution >= 4 is 23.2 Å². The van der Waals surface area contributed by atoms with E-state index in [0.717, 1.165) is 5.56 Å². The maximum absolute atomic E-state index is 13.9. The lowest BCUT2D eigenvalue weighted by Crippen LogP contribution is -2.73. The second-order valence-corrected chi connectivity index (χ2v) is 10.5. The van der Waals surface area contributed by atoms with Crippen molar-refractivity contribution in [1.82, 2.24) is 9.88 Å². The van der Waals surface area contributed by atoms with Crippen LogP contribution >= 0.6 is 0 Å². The first kappa shape index (κ1) is 25.1. The molecule has 0 saturated heterocycles. The highest BCUT2D eigenvalue weighted by Gasteiger charge is 2.67. The number of ketones is 2. The van der Waals surface area contributed by atoms with E-state index < -0.39 is 58.7 Å². The number of rotatable bonds is 3. The molecule has 10 heteroatoms. The SMILES string of the molecule is Cc1ccc(-c2ccc(O)c3c2C[C@@H]2C[C@@H]4C(N(C)C)C(O)C(C(N)=O)C(=O)[C@]4(O)C(=O)C2=C3O)nc1. The van der Waals surface area contributed by atoms with Crippen LogP contribution in [-0.2, 0) is 20.8 Å². The van der Waals surface area contributed by atoms with Gasteiger partial charge in [0.15, 0.2) is 11.4 Å². The maximum atomic E-state index is 13.9. The number of primary amides is 1. The average molecular weight is 508 g/mol. The highest BCUT2D eigenvalue weighted by Crippen LogP contribution is 2.53. The summed E-state index contributed by atoms with van der Waals surface area (Å²) >= 11 is 0. The summed E-state index contributed by atoms with van der Waals surface area (Å²) in [6.45, 7) is 1.91. The molecule has 0 radical (unpaired) electrons. The number of benzene rings is 1. The van der Waals surface area contributed by atoms with E-state index in [9.17, 15) is 34.8 Å². The summed E-state index contributed by atoms with van der Waals surface area (Å²) in [6, 6.07) is 5.87. The van der Waals surface area contributed by atoms with Crippen LogP contribution in [0.5, 0.6) is 5.75 Å². The molecule has 10 nitrogen and oxygen atoms in total. The molecule has 0 aliphatic heterocycles. The van der Waals surface area contributed by atoms with Crippen molar-refractivity contribution in [3.8, 4) is 17.0 Å². The summed E-state index contributed by atoms with van der Waals surface area (Å²) in [7, 11) is 3.23. The lowest BCUT2D eigenvalue weighted by molar-refractivity contribution is -0.184. The number of aryl methyl sites for hydroxylation is 1. The molecule has 6 N–H and O–H groups in total. The molecule has 37 heavy (non-hydrogen) atoms. The Bertz CT molecular complexity index is 1370. The number of phenols is 1. The van der Waals surface area contributed by atoms with Crippen LogP contribution in [0, 0.1) is 24.7 Å². The van der Waals surface area contributed by atoms with Crippen molar-refractivity contribution in [2.24, 2.45) is 23.5 Å². The minimum Gasteiger partial charge on any atom is -0.507 e. The minimum atomic E-state index is -2.67.